The number of methoxy groups -OCH3 is 1. The van der Waals surface area contributed by atoms with Crippen LogP contribution in [0.1, 0.15) is 46.0 Å². The van der Waals surface area contributed by atoms with E-state index in [-0.39, 0.29) is 0 Å². The standard InChI is InChI=1S/C17H36N4O/c1-5-15(6-2)16(21-11-7-8-12-21)14-20-17(18-3)19-10-9-13-22-4/h15-16H,5-14H2,1-4H3,(H2,18,19,20). The van der Waals surface area contributed by atoms with Crippen molar-refractivity contribution in [1.29, 1.82) is 0 Å². The van der Waals surface area contributed by atoms with Crippen molar-refractivity contribution in [2.75, 3.05) is 46.9 Å². The Kier molecular flexibility index (Phi) is 10.2. The van der Waals surface area contributed by atoms with Crippen LogP contribution < -0.4 is 10.6 Å². The molecule has 5 nitrogen and oxygen atoms in total. The first-order chi connectivity index (χ1) is 10.8. The average molecular weight is 313 g/mol. The molecule has 5 heteroatoms. The van der Waals surface area contributed by atoms with E-state index in [9.17, 15) is 0 Å². The summed E-state index contributed by atoms with van der Waals surface area (Å²) in [5, 5.41) is 6.89. The first kappa shape index (κ1) is 19.2. The van der Waals surface area contributed by atoms with Gasteiger partial charge in [-0.2, -0.15) is 0 Å². The predicted molar refractivity (Wildman–Crippen MR) is 94.5 cm³/mol. The molecule has 0 spiro atoms. The van der Waals surface area contributed by atoms with Crippen molar-refractivity contribution in [2.45, 2.75) is 52.0 Å². The lowest BCUT2D eigenvalue weighted by Gasteiger charge is -2.34. The van der Waals surface area contributed by atoms with Crippen molar-refractivity contribution >= 4 is 5.96 Å². The number of ether oxygens (including phenoxy) is 1. The van der Waals surface area contributed by atoms with Gasteiger partial charge in [-0.25, -0.2) is 0 Å². The summed E-state index contributed by atoms with van der Waals surface area (Å²) in [6.45, 7) is 9.80. The number of nitrogens with one attached hydrogen (secondary N) is 2. The number of nitrogens with zero attached hydrogens (tertiary/aromatic N) is 2. The van der Waals surface area contributed by atoms with E-state index in [1.165, 1.54) is 38.8 Å². The molecular formula is C17H36N4O. The Morgan fingerprint density at radius 1 is 1.18 bits per heavy atom. The summed E-state index contributed by atoms with van der Waals surface area (Å²) in [5.41, 5.74) is 0. The van der Waals surface area contributed by atoms with Crippen LogP contribution in [0, 0.1) is 5.92 Å². The zero-order valence-electron chi connectivity index (χ0n) is 15.0. The number of rotatable bonds is 10. The topological polar surface area (TPSA) is 48.9 Å². The largest absolute Gasteiger partial charge is 0.385 e. The number of likely N-dealkylation sites (tertiary alicyclic amines) is 1. The summed E-state index contributed by atoms with van der Waals surface area (Å²) >= 11 is 0. The minimum absolute atomic E-state index is 0.620. The van der Waals surface area contributed by atoms with E-state index in [1.54, 1.807) is 7.11 Å². The molecule has 0 bridgehead atoms. The second kappa shape index (κ2) is 11.7. The Morgan fingerprint density at radius 3 is 2.41 bits per heavy atom. The second-order valence-electron chi connectivity index (χ2n) is 6.11. The van der Waals surface area contributed by atoms with Crippen LogP contribution in [0.25, 0.3) is 0 Å². The highest BCUT2D eigenvalue weighted by Gasteiger charge is 2.27. The van der Waals surface area contributed by atoms with Crippen molar-refractivity contribution in [2.24, 2.45) is 10.9 Å². The summed E-state index contributed by atoms with van der Waals surface area (Å²) in [6, 6.07) is 0.620. The van der Waals surface area contributed by atoms with Gasteiger partial charge in [0.25, 0.3) is 0 Å². The van der Waals surface area contributed by atoms with Crippen LogP contribution in [0.15, 0.2) is 4.99 Å². The van der Waals surface area contributed by atoms with Crippen LogP contribution in [0.2, 0.25) is 0 Å². The number of hydrogen-bond donors (Lipinski definition) is 2. The molecule has 1 rings (SSSR count). The normalized spacial score (nSPS) is 18.0. The first-order valence-corrected chi connectivity index (χ1v) is 8.94. The van der Waals surface area contributed by atoms with Gasteiger partial charge in [0, 0.05) is 39.9 Å². The summed E-state index contributed by atoms with van der Waals surface area (Å²) < 4.78 is 5.08. The minimum atomic E-state index is 0.620. The molecule has 0 amide bonds. The third kappa shape index (κ3) is 6.53. The van der Waals surface area contributed by atoms with Crippen molar-refractivity contribution in [1.82, 2.24) is 15.5 Å². The number of hydrogen-bond acceptors (Lipinski definition) is 3. The van der Waals surface area contributed by atoms with Crippen LogP contribution in [0.5, 0.6) is 0 Å². The fourth-order valence-electron chi connectivity index (χ4n) is 3.35. The molecule has 0 aromatic heterocycles. The Balaban J connectivity index is 2.46. The van der Waals surface area contributed by atoms with Gasteiger partial charge in [-0.3, -0.25) is 9.89 Å². The van der Waals surface area contributed by atoms with E-state index in [4.69, 9.17) is 4.74 Å². The molecule has 0 aromatic carbocycles. The quantitative estimate of drug-likeness (QED) is 0.368. The van der Waals surface area contributed by atoms with Crippen LogP contribution in [-0.2, 0) is 4.74 Å². The van der Waals surface area contributed by atoms with Gasteiger partial charge in [0.05, 0.1) is 0 Å². The lowest BCUT2D eigenvalue weighted by Crippen LogP contribution is -2.49. The van der Waals surface area contributed by atoms with E-state index in [0.29, 0.717) is 6.04 Å². The third-order valence-electron chi connectivity index (χ3n) is 4.72. The molecule has 22 heavy (non-hydrogen) atoms. The molecule has 1 fully saturated rings. The van der Waals surface area contributed by atoms with Crippen LogP contribution in [0.4, 0.5) is 0 Å². The number of aliphatic imine (C=N–C) groups is 1. The summed E-state index contributed by atoms with van der Waals surface area (Å²) in [4.78, 5) is 7.00. The van der Waals surface area contributed by atoms with Crippen molar-refractivity contribution in [3.8, 4) is 0 Å². The van der Waals surface area contributed by atoms with Crippen molar-refractivity contribution in [3.63, 3.8) is 0 Å². The molecule has 0 saturated carbocycles. The van der Waals surface area contributed by atoms with Gasteiger partial charge < -0.3 is 15.4 Å². The van der Waals surface area contributed by atoms with Gasteiger partial charge in [-0.15, -0.1) is 0 Å². The van der Waals surface area contributed by atoms with Crippen LogP contribution >= 0.6 is 0 Å². The maximum absolute atomic E-state index is 5.08. The zero-order chi connectivity index (χ0) is 16.2. The van der Waals surface area contributed by atoms with Crippen LogP contribution in [-0.4, -0.2) is 63.8 Å². The van der Waals surface area contributed by atoms with Crippen molar-refractivity contribution in [3.05, 3.63) is 0 Å². The molecule has 1 saturated heterocycles. The second-order valence-corrected chi connectivity index (χ2v) is 6.11. The van der Waals surface area contributed by atoms with E-state index in [0.717, 1.165) is 38.0 Å². The molecule has 1 aliphatic rings. The SMILES string of the molecule is CCC(CC)C(CNC(=NC)NCCCOC)N1CCCC1. The van der Waals surface area contributed by atoms with Gasteiger partial charge in [0.1, 0.15) is 0 Å². The van der Waals surface area contributed by atoms with E-state index < -0.39 is 0 Å². The molecule has 2 N–H and O–H groups in total. The van der Waals surface area contributed by atoms with Gasteiger partial charge in [-0.05, 0) is 38.3 Å². The summed E-state index contributed by atoms with van der Waals surface area (Å²) in [6.07, 6.45) is 6.19. The van der Waals surface area contributed by atoms with Gasteiger partial charge >= 0.3 is 0 Å². The van der Waals surface area contributed by atoms with E-state index >= 15 is 0 Å². The lowest BCUT2D eigenvalue weighted by molar-refractivity contribution is 0.166. The molecular weight excluding hydrogens is 276 g/mol. The highest BCUT2D eigenvalue weighted by atomic mass is 16.5. The monoisotopic (exact) mass is 312 g/mol. The predicted octanol–water partition coefficient (Wildman–Crippen LogP) is 2.09. The molecule has 1 unspecified atom stereocenters. The fourth-order valence-corrected chi connectivity index (χ4v) is 3.35. The smallest absolute Gasteiger partial charge is 0.191 e. The van der Waals surface area contributed by atoms with Gasteiger partial charge in [-0.1, -0.05) is 26.7 Å². The molecule has 0 radical (unpaired) electrons. The Bertz CT molecular complexity index is 297. The lowest BCUT2D eigenvalue weighted by atomic mass is 9.93. The maximum Gasteiger partial charge on any atom is 0.191 e. The fraction of sp³-hybridized carbons (Fsp3) is 0.941. The highest BCUT2D eigenvalue weighted by Crippen LogP contribution is 2.22. The molecule has 0 aliphatic carbocycles. The average Bonchev–Trinajstić information content (AvgIpc) is 3.07. The first-order valence-electron chi connectivity index (χ1n) is 8.94. The minimum Gasteiger partial charge on any atom is -0.385 e. The van der Waals surface area contributed by atoms with Crippen molar-refractivity contribution < 1.29 is 4.74 Å². The summed E-state index contributed by atoms with van der Waals surface area (Å²) in [5.74, 6) is 1.67. The zero-order valence-corrected chi connectivity index (χ0v) is 15.0. The Labute approximate surface area is 136 Å². The van der Waals surface area contributed by atoms with E-state index in [2.05, 4.69) is 34.4 Å². The molecule has 1 atom stereocenters. The molecule has 0 aromatic rings. The van der Waals surface area contributed by atoms with Gasteiger partial charge in [0.2, 0.25) is 0 Å². The molecule has 1 aliphatic heterocycles. The Morgan fingerprint density at radius 2 is 1.86 bits per heavy atom. The highest BCUT2D eigenvalue weighted by molar-refractivity contribution is 5.79. The maximum atomic E-state index is 5.08. The molecule has 130 valence electrons. The molecule has 1 heterocycles. The third-order valence-corrected chi connectivity index (χ3v) is 4.72. The van der Waals surface area contributed by atoms with Gasteiger partial charge in [0.15, 0.2) is 5.96 Å². The summed E-state index contributed by atoms with van der Waals surface area (Å²) in [7, 11) is 3.58. The van der Waals surface area contributed by atoms with Crippen LogP contribution in [0.3, 0.4) is 0 Å². The van der Waals surface area contributed by atoms with E-state index in [1.807, 2.05) is 7.05 Å². The Hall–Kier alpha value is -0.810. The number of guanidine groups is 1.